The molecule has 0 aromatic carbocycles. The summed E-state index contributed by atoms with van der Waals surface area (Å²) >= 11 is 0. The minimum atomic E-state index is -0.135. The Kier molecular flexibility index (Phi) is 4.57. The second-order valence-corrected chi connectivity index (χ2v) is 6.52. The van der Waals surface area contributed by atoms with E-state index in [2.05, 4.69) is 16.5 Å². The predicted octanol–water partition coefficient (Wildman–Crippen LogP) is 2.68. The van der Waals surface area contributed by atoms with E-state index in [-0.39, 0.29) is 11.6 Å². The molecule has 0 spiro atoms. The Bertz CT molecular complexity index is 471. The maximum atomic E-state index is 6.03. The predicted molar refractivity (Wildman–Crippen MR) is 83.9 cm³/mol. The number of hydrogen-bond donors (Lipinski definition) is 2. The van der Waals surface area contributed by atoms with E-state index in [4.69, 9.17) is 10.6 Å². The van der Waals surface area contributed by atoms with Gasteiger partial charge in [-0.15, -0.1) is 0 Å². The van der Waals surface area contributed by atoms with Crippen molar-refractivity contribution < 1.29 is 4.74 Å². The van der Waals surface area contributed by atoms with Crippen molar-refractivity contribution in [2.45, 2.75) is 68.9 Å². The Hall–Kier alpha value is -0.970. The SMILES string of the molecule is COC1(C(NN)C2CCCc3cccnc32)CCCCC1. The first kappa shape index (κ1) is 14.9. The first-order valence-corrected chi connectivity index (χ1v) is 8.26. The zero-order valence-corrected chi connectivity index (χ0v) is 13.0. The smallest absolute Gasteiger partial charge is 0.0850 e. The topological polar surface area (TPSA) is 60.2 Å². The lowest BCUT2D eigenvalue weighted by Crippen LogP contribution is -2.58. The summed E-state index contributed by atoms with van der Waals surface area (Å²) < 4.78 is 6.03. The molecule has 3 rings (SSSR count). The van der Waals surface area contributed by atoms with Crippen LogP contribution in [0.2, 0.25) is 0 Å². The highest BCUT2D eigenvalue weighted by molar-refractivity contribution is 5.28. The Morgan fingerprint density at radius 2 is 2.14 bits per heavy atom. The molecule has 0 amide bonds. The molecule has 0 saturated heterocycles. The molecule has 2 unspecified atom stereocenters. The summed E-state index contributed by atoms with van der Waals surface area (Å²) in [4.78, 5) is 4.68. The van der Waals surface area contributed by atoms with Crippen LogP contribution in [0.5, 0.6) is 0 Å². The minimum absolute atomic E-state index is 0.135. The van der Waals surface area contributed by atoms with Crippen LogP contribution in [-0.2, 0) is 11.2 Å². The summed E-state index contributed by atoms with van der Waals surface area (Å²) in [6, 6.07) is 4.40. The molecule has 2 aliphatic carbocycles. The zero-order chi connectivity index (χ0) is 14.7. The average molecular weight is 289 g/mol. The molecule has 1 heterocycles. The molecule has 0 bridgehead atoms. The summed E-state index contributed by atoms with van der Waals surface area (Å²) in [5.74, 6) is 6.35. The number of ether oxygens (including phenoxy) is 1. The van der Waals surface area contributed by atoms with Crippen molar-refractivity contribution in [3.05, 3.63) is 29.6 Å². The van der Waals surface area contributed by atoms with Gasteiger partial charge in [-0.1, -0.05) is 25.3 Å². The van der Waals surface area contributed by atoms with E-state index in [1.165, 1.54) is 36.9 Å². The van der Waals surface area contributed by atoms with Gasteiger partial charge < -0.3 is 4.74 Å². The fourth-order valence-corrected chi connectivity index (χ4v) is 4.40. The first-order valence-electron chi connectivity index (χ1n) is 8.26. The molecule has 21 heavy (non-hydrogen) atoms. The molecule has 116 valence electrons. The number of nitrogens with two attached hydrogens (primary N) is 1. The summed E-state index contributed by atoms with van der Waals surface area (Å²) in [7, 11) is 1.85. The number of aromatic nitrogens is 1. The molecular weight excluding hydrogens is 262 g/mol. The van der Waals surface area contributed by atoms with Crippen molar-refractivity contribution in [2.24, 2.45) is 5.84 Å². The van der Waals surface area contributed by atoms with Crippen molar-refractivity contribution in [1.82, 2.24) is 10.4 Å². The van der Waals surface area contributed by atoms with Crippen LogP contribution < -0.4 is 11.3 Å². The van der Waals surface area contributed by atoms with Crippen LogP contribution in [0.4, 0.5) is 0 Å². The molecule has 2 atom stereocenters. The third-order valence-corrected chi connectivity index (χ3v) is 5.49. The fraction of sp³-hybridized carbons (Fsp3) is 0.706. The lowest BCUT2D eigenvalue weighted by molar-refractivity contribution is -0.0754. The summed E-state index contributed by atoms with van der Waals surface area (Å²) in [6.45, 7) is 0. The molecule has 1 aromatic rings. The van der Waals surface area contributed by atoms with Gasteiger partial charge in [0.25, 0.3) is 0 Å². The maximum absolute atomic E-state index is 6.03. The molecular formula is C17H27N3O. The van der Waals surface area contributed by atoms with Gasteiger partial charge in [0, 0.05) is 24.9 Å². The Morgan fingerprint density at radius 3 is 2.86 bits per heavy atom. The third kappa shape index (κ3) is 2.72. The van der Waals surface area contributed by atoms with Crippen LogP contribution in [-0.4, -0.2) is 23.7 Å². The molecule has 1 saturated carbocycles. The van der Waals surface area contributed by atoms with Gasteiger partial charge in [-0.3, -0.25) is 16.3 Å². The Balaban J connectivity index is 1.93. The van der Waals surface area contributed by atoms with Gasteiger partial charge in [0.2, 0.25) is 0 Å². The highest BCUT2D eigenvalue weighted by Crippen LogP contribution is 2.42. The van der Waals surface area contributed by atoms with Crippen molar-refractivity contribution in [1.29, 1.82) is 0 Å². The summed E-state index contributed by atoms with van der Waals surface area (Å²) in [5, 5.41) is 0. The van der Waals surface area contributed by atoms with Crippen LogP contribution in [0, 0.1) is 0 Å². The molecule has 0 aliphatic heterocycles. The summed E-state index contributed by atoms with van der Waals surface area (Å²) in [6.07, 6.45) is 11.4. The highest BCUT2D eigenvalue weighted by Gasteiger charge is 2.45. The van der Waals surface area contributed by atoms with Gasteiger partial charge in [0.05, 0.1) is 11.6 Å². The molecule has 2 aliphatic rings. The monoisotopic (exact) mass is 289 g/mol. The standard InChI is InChI=1S/C17H27N3O/c1-21-17(10-3-2-4-11-17)16(20-18)14-9-5-7-13-8-6-12-19-15(13)14/h6,8,12,14,16,20H,2-5,7,9-11,18H2,1H3. The second kappa shape index (κ2) is 6.42. The quantitative estimate of drug-likeness (QED) is 0.661. The van der Waals surface area contributed by atoms with E-state index in [0.717, 1.165) is 25.7 Å². The second-order valence-electron chi connectivity index (χ2n) is 6.52. The van der Waals surface area contributed by atoms with Crippen molar-refractivity contribution >= 4 is 0 Å². The van der Waals surface area contributed by atoms with E-state index < -0.39 is 0 Å². The highest BCUT2D eigenvalue weighted by atomic mass is 16.5. The van der Waals surface area contributed by atoms with Gasteiger partial charge in [-0.2, -0.15) is 0 Å². The van der Waals surface area contributed by atoms with E-state index in [0.29, 0.717) is 5.92 Å². The van der Waals surface area contributed by atoms with Crippen LogP contribution in [0.25, 0.3) is 0 Å². The van der Waals surface area contributed by atoms with Gasteiger partial charge in [-0.05, 0) is 43.7 Å². The molecule has 1 aromatic heterocycles. The molecule has 4 heteroatoms. The lowest BCUT2D eigenvalue weighted by Gasteiger charge is -2.46. The number of pyridine rings is 1. The normalized spacial score (nSPS) is 26.1. The van der Waals surface area contributed by atoms with Gasteiger partial charge in [-0.25, -0.2) is 0 Å². The van der Waals surface area contributed by atoms with Gasteiger partial charge in [0.1, 0.15) is 0 Å². The first-order chi connectivity index (χ1) is 10.3. The third-order valence-electron chi connectivity index (χ3n) is 5.49. The molecule has 0 radical (unpaired) electrons. The van der Waals surface area contributed by atoms with Gasteiger partial charge in [0.15, 0.2) is 0 Å². The number of aryl methyl sites for hydroxylation is 1. The van der Waals surface area contributed by atoms with Crippen LogP contribution in [0.1, 0.15) is 62.1 Å². The van der Waals surface area contributed by atoms with Gasteiger partial charge >= 0.3 is 0 Å². The number of nitrogens with zero attached hydrogens (tertiary/aromatic N) is 1. The largest absolute Gasteiger partial charge is 0.377 e. The lowest BCUT2D eigenvalue weighted by atomic mass is 9.70. The fourth-order valence-electron chi connectivity index (χ4n) is 4.40. The van der Waals surface area contributed by atoms with Crippen LogP contribution in [0.15, 0.2) is 18.3 Å². The number of rotatable bonds is 4. The van der Waals surface area contributed by atoms with Crippen LogP contribution in [0.3, 0.4) is 0 Å². The van der Waals surface area contributed by atoms with Crippen molar-refractivity contribution in [3.63, 3.8) is 0 Å². The maximum Gasteiger partial charge on any atom is 0.0850 e. The summed E-state index contributed by atoms with van der Waals surface area (Å²) in [5.41, 5.74) is 5.59. The Labute approximate surface area is 127 Å². The molecule has 1 fully saturated rings. The number of methoxy groups -OCH3 is 1. The van der Waals surface area contributed by atoms with E-state index in [1.54, 1.807) is 0 Å². The average Bonchev–Trinajstić information content (AvgIpc) is 2.56. The molecule has 3 N–H and O–H groups in total. The number of hydrogen-bond acceptors (Lipinski definition) is 4. The number of hydrazine groups is 1. The molecule has 4 nitrogen and oxygen atoms in total. The van der Waals surface area contributed by atoms with E-state index in [1.807, 2.05) is 19.4 Å². The van der Waals surface area contributed by atoms with E-state index in [9.17, 15) is 0 Å². The minimum Gasteiger partial charge on any atom is -0.377 e. The number of fused-ring (bicyclic) bond motifs is 1. The van der Waals surface area contributed by atoms with Crippen LogP contribution >= 0.6 is 0 Å². The Morgan fingerprint density at radius 1 is 1.33 bits per heavy atom. The van der Waals surface area contributed by atoms with Crippen molar-refractivity contribution in [2.75, 3.05) is 7.11 Å². The van der Waals surface area contributed by atoms with Crippen molar-refractivity contribution in [3.8, 4) is 0 Å². The zero-order valence-electron chi connectivity index (χ0n) is 13.0. The number of nitrogens with one attached hydrogen (secondary N) is 1. The van der Waals surface area contributed by atoms with E-state index >= 15 is 0 Å².